The van der Waals surface area contributed by atoms with E-state index in [1.807, 2.05) is 6.07 Å². The third-order valence-corrected chi connectivity index (χ3v) is 4.49. The molecule has 6 nitrogen and oxygen atoms in total. The predicted octanol–water partition coefficient (Wildman–Crippen LogP) is 2.35. The molecule has 2 bridgehead atoms. The number of carbonyl (C=O) groups excluding carboxylic acids is 1. The van der Waals surface area contributed by atoms with Crippen molar-refractivity contribution in [2.75, 3.05) is 0 Å². The molecule has 3 atom stereocenters. The number of nitrogens with one attached hydrogen (secondary N) is 2. The van der Waals surface area contributed by atoms with Gasteiger partial charge in [0.15, 0.2) is 0 Å². The van der Waals surface area contributed by atoms with E-state index < -0.39 is 17.7 Å². The second-order valence-corrected chi connectivity index (χ2v) is 5.83. The summed E-state index contributed by atoms with van der Waals surface area (Å²) in [6.45, 7) is 0. The van der Waals surface area contributed by atoms with Crippen LogP contribution in [0.2, 0.25) is 0 Å². The number of ether oxygens (including phenoxy) is 1. The van der Waals surface area contributed by atoms with Crippen LogP contribution >= 0.6 is 0 Å². The maximum Gasteiger partial charge on any atom is 0.413 e. The molecule has 6 heteroatoms. The number of hydrogen-bond donors (Lipinski definition) is 3. The first-order valence-electron chi connectivity index (χ1n) is 7.12. The third kappa shape index (κ3) is 2.79. The molecule has 3 unspecified atom stereocenters. The quantitative estimate of drug-likeness (QED) is 0.797. The SMILES string of the molecule is O=C(O)NC1CC2CCC1(NC(=O)Oc1ccccc1)C2. The molecule has 2 amide bonds. The van der Waals surface area contributed by atoms with Gasteiger partial charge in [0.1, 0.15) is 5.75 Å². The molecule has 0 saturated heterocycles. The minimum Gasteiger partial charge on any atom is -0.465 e. The molecule has 0 radical (unpaired) electrons. The van der Waals surface area contributed by atoms with Crippen LogP contribution < -0.4 is 15.4 Å². The zero-order valence-corrected chi connectivity index (χ0v) is 11.5. The zero-order chi connectivity index (χ0) is 14.9. The third-order valence-electron chi connectivity index (χ3n) is 4.49. The lowest BCUT2D eigenvalue weighted by atomic mass is 9.88. The highest BCUT2D eigenvalue weighted by Crippen LogP contribution is 2.47. The molecule has 2 fully saturated rings. The number of fused-ring (bicyclic) bond motifs is 2. The molecule has 2 aliphatic rings. The fraction of sp³-hybridized carbons (Fsp3) is 0.467. The minimum absolute atomic E-state index is 0.239. The van der Waals surface area contributed by atoms with E-state index in [-0.39, 0.29) is 6.04 Å². The molecule has 112 valence electrons. The van der Waals surface area contributed by atoms with Crippen molar-refractivity contribution in [3.8, 4) is 5.75 Å². The number of rotatable bonds is 3. The first-order chi connectivity index (χ1) is 10.1. The van der Waals surface area contributed by atoms with Crippen molar-refractivity contribution in [1.82, 2.24) is 10.6 Å². The smallest absolute Gasteiger partial charge is 0.413 e. The van der Waals surface area contributed by atoms with Crippen molar-refractivity contribution in [1.29, 1.82) is 0 Å². The lowest BCUT2D eigenvalue weighted by Gasteiger charge is -2.35. The Morgan fingerprint density at radius 3 is 2.71 bits per heavy atom. The molecule has 1 aromatic rings. The molecule has 0 heterocycles. The van der Waals surface area contributed by atoms with Crippen LogP contribution in [0.4, 0.5) is 9.59 Å². The van der Waals surface area contributed by atoms with E-state index in [4.69, 9.17) is 9.84 Å². The van der Waals surface area contributed by atoms with Crippen molar-refractivity contribution in [3.05, 3.63) is 30.3 Å². The average Bonchev–Trinajstić information content (AvgIpc) is 2.96. The molecule has 3 N–H and O–H groups in total. The number of amides is 2. The van der Waals surface area contributed by atoms with Gasteiger partial charge in [-0.05, 0) is 43.7 Å². The van der Waals surface area contributed by atoms with E-state index >= 15 is 0 Å². The summed E-state index contributed by atoms with van der Waals surface area (Å²) in [5, 5.41) is 14.4. The van der Waals surface area contributed by atoms with Gasteiger partial charge in [-0.15, -0.1) is 0 Å². The Kier molecular flexibility index (Phi) is 3.45. The highest BCUT2D eigenvalue weighted by atomic mass is 16.6. The van der Waals surface area contributed by atoms with Crippen molar-refractivity contribution >= 4 is 12.2 Å². The standard InChI is InChI=1S/C15H18N2O4/c18-13(19)16-12-8-10-6-7-15(12,9-10)17-14(20)21-11-4-2-1-3-5-11/h1-5,10,12,16H,6-9H2,(H,17,20)(H,18,19). The summed E-state index contributed by atoms with van der Waals surface area (Å²) in [5.41, 5.74) is -0.505. The zero-order valence-electron chi connectivity index (χ0n) is 11.5. The number of benzene rings is 1. The Morgan fingerprint density at radius 1 is 1.29 bits per heavy atom. The Hall–Kier alpha value is -2.24. The summed E-state index contributed by atoms with van der Waals surface area (Å²) in [6.07, 6.45) is 1.81. The first kappa shape index (κ1) is 13.7. The van der Waals surface area contributed by atoms with Crippen molar-refractivity contribution in [2.45, 2.75) is 37.3 Å². The second-order valence-electron chi connectivity index (χ2n) is 5.83. The Bertz CT molecular complexity index is 548. The first-order valence-corrected chi connectivity index (χ1v) is 7.12. The molecule has 3 rings (SSSR count). The van der Waals surface area contributed by atoms with Crippen LogP contribution in [-0.2, 0) is 0 Å². The topological polar surface area (TPSA) is 87.7 Å². The normalized spacial score (nSPS) is 29.9. The lowest BCUT2D eigenvalue weighted by Crippen LogP contribution is -2.59. The monoisotopic (exact) mass is 290 g/mol. The van der Waals surface area contributed by atoms with E-state index in [9.17, 15) is 9.59 Å². The van der Waals surface area contributed by atoms with Gasteiger partial charge in [0, 0.05) is 0 Å². The van der Waals surface area contributed by atoms with Gasteiger partial charge in [-0.1, -0.05) is 18.2 Å². The van der Waals surface area contributed by atoms with Gasteiger partial charge in [-0.2, -0.15) is 0 Å². The summed E-state index contributed by atoms with van der Waals surface area (Å²) in [5.74, 6) is 0.945. The maximum atomic E-state index is 12.1. The van der Waals surface area contributed by atoms with E-state index in [0.717, 1.165) is 25.7 Å². The van der Waals surface area contributed by atoms with Crippen LogP contribution in [0.15, 0.2) is 30.3 Å². The van der Waals surface area contributed by atoms with Crippen molar-refractivity contribution < 1.29 is 19.4 Å². The minimum atomic E-state index is -1.05. The fourth-order valence-corrected chi connectivity index (χ4v) is 3.63. The summed E-state index contributed by atoms with van der Waals surface area (Å²) < 4.78 is 5.25. The molecular formula is C15H18N2O4. The van der Waals surface area contributed by atoms with Crippen LogP contribution in [0.3, 0.4) is 0 Å². The highest BCUT2D eigenvalue weighted by molar-refractivity contribution is 5.72. The Labute approximate surface area is 122 Å². The maximum absolute atomic E-state index is 12.1. The average molecular weight is 290 g/mol. The largest absolute Gasteiger partial charge is 0.465 e. The molecule has 2 saturated carbocycles. The predicted molar refractivity (Wildman–Crippen MR) is 75.2 cm³/mol. The molecule has 0 aromatic heterocycles. The van der Waals surface area contributed by atoms with Gasteiger partial charge in [0.05, 0.1) is 11.6 Å². The van der Waals surface area contributed by atoms with Crippen molar-refractivity contribution in [2.24, 2.45) is 5.92 Å². The van der Waals surface area contributed by atoms with E-state index in [2.05, 4.69) is 10.6 Å². The van der Waals surface area contributed by atoms with Gasteiger partial charge in [-0.3, -0.25) is 0 Å². The Morgan fingerprint density at radius 2 is 2.05 bits per heavy atom. The van der Waals surface area contributed by atoms with E-state index in [1.54, 1.807) is 24.3 Å². The molecule has 0 spiro atoms. The number of hydrogen-bond acceptors (Lipinski definition) is 3. The van der Waals surface area contributed by atoms with E-state index in [1.165, 1.54) is 0 Å². The van der Waals surface area contributed by atoms with Crippen LogP contribution in [0.5, 0.6) is 5.75 Å². The van der Waals surface area contributed by atoms with Crippen LogP contribution in [0.25, 0.3) is 0 Å². The van der Waals surface area contributed by atoms with Gasteiger partial charge in [0.2, 0.25) is 0 Å². The molecule has 2 aliphatic carbocycles. The summed E-state index contributed by atoms with van der Waals surface area (Å²) in [6, 6.07) is 8.59. The second kappa shape index (κ2) is 5.27. The number of carbonyl (C=O) groups is 2. The van der Waals surface area contributed by atoms with E-state index in [0.29, 0.717) is 11.7 Å². The van der Waals surface area contributed by atoms with Gasteiger partial charge in [0.25, 0.3) is 0 Å². The fourth-order valence-electron chi connectivity index (χ4n) is 3.63. The molecular weight excluding hydrogens is 272 g/mol. The molecule has 0 aliphatic heterocycles. The van der Waals surface area contributed by atoms with Crippen molar-refractivity contribution in [3.63, 3.8) is 0 Å². The Balaban J connectivity index is 1.67. The van der Waals surface area contributed by atoms with Crippen LogP contribution in [0.1, 0.15) is 25.7 Å². The summed E-state index contributed by atoms with van der Waals surface area (Å²) >= 11 is 0. The van der Waals surface area contributed by atoms with Gasteiger partial charge in [-0.25, -0.2) is 9.59 Å². The van der Waals surface area contributed by atoms with Gasteiger partial charge >= 0.3 is 12.2 Å². The number of para-hydroxylation sites is 1. The summed E-state index contributed by atoms with van der Waals surface area (Å²) in [7, 11) is 0. The lowest BCUT2D eigenvalue weighted by molar-refractivity contribution is 0.160. The van der Waals surface area contributed by atoms with Crippen LogP contribution in [-0.4, -0.2) is 28.9 Å². The van der Waals surface area contributed by atoms with Gasteiger partial charge < -0.3 is 20.5 Å². The molecule has 21 heavy (non-hydrogen) atoms. The van der Waals surface area contributed by atoms with Crippen LogP contribution in [0, 0.1) is 5.92 Å². The number of carboxylic acid groups (broad SMARTS) is 1. The molecule has 1 aromatic carbocycles. The highest BCUT2D eigenvalue weighted by Gasteiger charge is 2.53. The summed E-state index contributed by atoms with van der Waals surface area (Å²) in [4.78, 5) is 23.0.